The first kappa shape index (κ1) is 33.3. The second kappa shape index (κ2) is 11.7. The molecule has 2 saturated carbocycles. The minimum Gasteiger partial charge on any atom is -0.334 e. The number of hydrogen-bond donors (Lipinski definition) is 0. The van der Waals surface area contributed by atoms with Gasteiger partial charge in [0.1, 0.15) is 0 Å². The van der Waals surface area contributed by atoms with E-state index in [4.69, 9.17) is 0 Å². The van der Waals surface area contributed by atoms with Gasteiger partial charge in [0.25, 0.3) is 0 Å². The van der Waals surface area contributed by atoms with Crippen LogP contribution in [0.25, 0.3) is 33.4 Å². The van der Waals surface area contributed by atoms with E-state index in [1.165, 1.54) is 130 Å². The molecule has 2 nitrogen and oxygen atoms in total. The highest BCUT2D eigenvalue weighted by Crippen LogP contribution is 2.63. The molecule has 6 aromatic carbocycles. The third-order valence-electron chi connectivity index (χ3n) is 15.8. The van der Waals surface area contributed by atoms with Crippen molar-refractivity contribution in [1.29, 1.82) is 0 Å². The van der Waals surface area contributed by atoms with Crippen molar-refractivity contribution in [2.75, 3.05) is 9.80 Å². The fourth-order valence-corrected chi connectivity index (χ4v) is 12.4. The minimum absolute atomic E-state index is 0.0682. The fourth-order valence-electron chi connectivity index (χ4n) is 12.4. The van der Waals surface area contributed by atoms with Gasteiger partial charge in [0.15, 0.2) is 0 Å². The normalized spacial score (nSPS) is 27.2. The fraction of sp³-hybridized carbons (Fsp3) is 0.321. The van der Waals surface area contributed by atoms with E-state index >= 15 is 0 Å². The van der Waals surface area contributed by atoms with Crippen LogP contribution in [0.4, 0.5) is 22.7 Å². The Morgan fingerprint density at radius 3 is 1.22 bits per heavy atom. The first-order valence-electron chi connectivity index (χ1n) is 21.0. The Morgan fingerprint density at radius 2 is 0.782 bits per heavy atom. The van der Waals surface area contributed by atoms with Crippen molar-refractivity contribution in [2.45, 2.75) is 107 Å². The van der Waals surface area contributed by atoms with Crippen LogP contribution < -0.4 is 9.80 Å². The van der Waals surface area contributed by atoms with E-state index < -0.39 is 0 Å². The predicted molar refractivity (Wildman–Crippen MR) is 231 cm³/mol. The Morgan fingerprint density at radius 1 is 0.400 bits per heavy atom. The van der Waals surface area contributed by atoms with Crippen LogP contribution in [0.2, 0.25) is 0 Å². The van der Waals surface area contributed by atoms with Crippen LogP contribution in [0, 0.1) is 0 Å². The Kier molecular flexibility index (Phi) is 7.09. The number of hydrogen-bond acceptors (Lipinski definition) is 2. The largest absolute Gasteiger partial charge is 0.334 e. The molecule has 0 amide bonds. The summed E-state index contributed by atoms with van der Waals surface area (Å²) in [5.41, 5.74) is 19.8. The maximum atomic E-state index is 2.68. The number of nitrogens with zero attached hydrogens (tertiary/aromatic N) is 2. The third-order valence-corrected chi connectivity index (χ3v) is 15.8. The molecule has 274 valence electrons. The summed E-state index contributed by atoms with van der Waals surface area (Å²) in [4.78, 5) is 5.35. The van der Waals surface area contributed by atoms with E-state index in [1.807, 2.05) is 0 Å². The van der Waals surface area contributed by atoms with Gasteiger partial charge in [-0.05, 0) is 150 Å². The van der Waals surface area contributed by atoms with Crippen LogP contribution in [0.1, 0.15) is 101 Å². The summed E-state index contributed by atoms with van der Waals surface area (Å²) in [5.74, 6) is 0. The lowest BCUT2D eigenvalue weighted by Gasteiger charge is -2.50. The minimum atomic E-state index is 0.0682. The predicted octanol–water partition coefficient (Wildman–Crippen LogP) is 14.1. The van der Waals surface area contributed by atoms with Gasteiger partial charge in [-0.1, -0.05) is 124 Å². The van der Waals surface area contributed by atoms with Crippen LogP contribution in [-0.4, -0.2) is 11.1 Å². The molecule has 0 saturated heterocycles. The monoisotopic (exact) mass is 716 g/mol. The molecule has 0 spiro atoms. The van der Waals surface area contributed by atoms with Gasteiger partial charge in [-0.25, -0.2) is 0 Å². The number of fused-ring (bicyclic) bond motifs is 9. The lowest BCUT2D eigenvalue weighted by molar-refractivity contribution is 0.195. The molecule has 55 heavy (non-hydrogen) atoms. The standard InChI is InChI=1S/C53H52N2/c1-50-27-11-13-29-52(50,3)54(42-15-7-5-8-16-42)48-25-21-38(34-46(48)50)36-19-23-44-40(31-36)33-41-32-37(20-24-45(41)44)39-22-26-49-47(35-39)51(2)28-12-14-30-53(51,4)55(49)43-17-9-6-10-18-43/h5-10,15-26,31-32,34-35H,11-14,27-30,33H2,1-4H3. The summed E-state index contributed by atoms with van der Waals surface area (Å²) < 4.78 is 0. The van der Waals surface area contributed by atoms with Gasteiger partial charge < -0.3 is 9.80 Å². The van der Waals surface area contributed by atoms with Gasteiger partial charge in [-0.3, -0.25) is 0 Å². The SMILES string of the molecule is CC12CCCCC1(C)N(c1ccccc1)c1ccc(-c3ccc4c(c3)Cc3cc(-c5ccc6c(c5)C5(C)CCCCC5(C)N6c5ccccc5)ccc3-4)cc12. The molecule has 4 unspecified atom stereocenters. The van der Waals surface area contributed by atoms with Gasteiger partial charge >= 0.3 is 0 Å². The lowest BCUT2D eigenvalue weighted by Crippen LogP contribution is -2.54. The van der Waals surface area contributed by atoms with Crippen molar-refractivity contribution >= 4 is 22.7 Å². The van der Waals surface area contributed by atoms with Gasteiger partial charge in [-0.2, -0.15) is 0 Å². The van der Waals surface area contributed by atoms with Crippen molar-refractivity contribution in [2.24, 2.45) is 0 Å². The van der Waals surface area contributed by atoms with E-state index in [2.05, 4.69) is 171 Å². The Hall–Kier alpha value is -5.08. The molecule has 5 aliphatic rings. The van der Waals surface area contributed by atoms with Crippen molar-refractivity contribution < 1.29 is 0 Å². The molecular weight excluding hydrogens is 665 g/mol. The Labute approximate surface area is 327 Å². The van der Waals surface area contributed by atoms with Crippen LogP contribution in [0.3, 0.4) is 0 Å². The summed E-state index contributed by atoms with van der Waals surface area (Å²) in [6, 6.07) is 51.4. The quantitative estimate of drug-likeness (QED) is 0.179. The summed E-state index contributed by atoms with van der Waals surface area (Å²) in [7, 11) is 0. The van der Waals surface area contributed by atoms with Crippen molar-refractivity contribution in [3.8, 4) is 33.4 Å². The molecule has 6 aromatic rings. The average Bonchev–Trinajstić information content (AvgIpc) is 3.76. The molecule has 2 aliphatic heterocycles. The number of benzene rings is 6. The van der Waals surface area contributed by atoms with E-state index in [9.17, 15) is 0 Å². The van der Waals surface area contributed by atoms with Crippen molar-refractivity contribution in [3.63, 3.8) is 0 Å². The zero-order valence-electron chi connectivity index (χ0n) is 33.0. The van der Waals surface area contributed by atoms with E-state index in [1.54, 1.807) is 0 Å². The number of para-hydroxylation sites is 2. The lowest BCUT2D eigenvalue weighted by atomic mass is 9.61. The molecule has 0 radical (unpaired) electrons. The molecule has 2 heteroatoms. The van der Waals surface area contributed by atoms with Crippen molar-refractivity contribution in [3.05, 3.63) is 156 Å². The van der Waals surface area contributed by atoms with Crippen LogP contribution >= 0.6 is 0 Å². The Balaban J connectivity index is 0.926. The highest BCUT2D eigenvalue weighted by molar-refractivity contribution is 5.86. The topological polar surface area (TPSA) is 6.48 Å². The highest BCUT2D eigenvalue weighted by Gasteiger charge is 2.59. The van der Waals surface area contributed by atoms with E-state index in [-0.39, 0.29) is 21.9 Å². The van der Waals surface area contributed by atoms with Gasteiger partial charge in [0, 0.05) is 33.6 Å². The summed E-state index contributed by atoms with van der Waals surface area (Å²) in [6.07, 6.45) is 11.1. The first-order chi connectivity index (χ1) is 26.7. The Bertz CT molecular complexity index is 2330. The van der Waals surface area contributed by atoms with Crippen LogP contribution in [0.15, 0.2) is 133 Å². The maximum Gasteiger partial charge on any atom is 0.0517 e. The van der Waals surface area contributed by atoms with Gasteiger partial charge in [-0.15, -0.1) is 0 Å². The second-order valence-electron chi connectivity index (χ2n) is 18.4. The molecule has 11 rings (SSSR count). The zero-order valence-corrected chi connectivity index (χ0v) is 33.0. The maximum absolute atomic E-state index is 2.68. The van der Waals surface area contributed by atoms with E-state index in [0.717, 1.165) is 6.42 Å². The van der Waals surface area contributed by atoms with Crippen LogP contribution in [-0.2, 0) is 17.3 Å². The molecule has 2 heterocycles. The highest BCUT2D eigenvalue weighted by atomic mass is 15.3. The van der Waals surface area contributed by atoms with Crippen LogP contribution in [0.5, 0.6) is 0 Å². The summed E-state index contributed by atoms with van der Waals surface area (Å²) in [6.45, 7) is 10.1. The molecule has 2 fully saturated rings. The average molecular weight is 717 g/mol. The first-order valence-corrected chi connectivity index (χ1v) is 21.0. The number of rotatable bonds is 4. The molecule has 0 N–H and O–H groups in total. The summed E-state index contributed by atoms with van der Waals surface area (Å²) in [5, 5.41) is 0. The molecule has 0 bridgehead atoms. The summed E-state index contributed by atoms with van der Waals surface area (Å²) >= 11 is 0. The van der Waals surface area contributed by atoms with Gasteiger partial charge in [0.2, 0.25) is 0 Å². The molecular formula is C53H52N2. The zero-order chi connectivity index (χ0) is 37.2. The van der Waals surface area contributed by atoms with Crippen molar-refractivity contribution in [1.82, 2.24) is 0 Å². The second-order valence-corrected chi connectivity index (χ2v) is 18.4. The molecule has 3 aliphatic carbocycles. The number of anilines is 4. The third kappa shape index (κ3) is 4.49. The molecule has 0 aromatic heterocycles. The smallest absolute Gasteiger partial charge is 0.0517 e. The van der Waals surface area contributed by atoms with E-state index in [0.29, 0.717) is 0 Å². The molecule has 4 atom stereocenters. The van der Waals surface area contributed by atoms with Gasteiger partial charge in [0.05, 0.1) is 11.1 Å².